The molecule has 1 aliphatic carbocycles. The Morgan fingerprint density at radius 2 is 1.89 bits per heavy atom. The maximum atomic E-state index is 11.8. The van der Waals surface area contributed by atoms with Crippen LogP contribution in [0.2, 0.25) is 0 Å². The minimum atomic E-state index is -1.57. The van der Waals surface area contributed by atoms with E-state index in [1.165, 1.54) is 13.2 Å². The molecule has 8 unspecified atom stereocenters. The normalized spacial score (nSPS) is 38.6. The number of hydrogen-bond donors (Lipinski definition) is 5. The standard InChI is InChI=1S/C18H28O10/c1-3-8-10(6-13(20)26-2)9(17(24)25)4-5-11(8)27-18-16(23)15(22)14(21)12(7-19)28-18/h4,8,10-12,14-16,18-19,21-23H,3,5-7H2,1-2H3,(H,24,25). The highest BCUT2D eigenvalue weighted by Crippen LogP contribution is 2.39. The third-order valence-electron chi connectivity index (χ3n) is 5.45. The van der Waals surface area contributed by atoms with E-state index in [2.05, 4.69) is 4.74 Å². The fourth-order valence-electron chi connectivity index (χ4n) is 3.89. The molecule has 160 valence electrons. The van der Waals surface area contributed by atoms with Crippen molar-refractivity contribution in [3.63, 3.8) is 0 Å². The number of carboxylic acids is 1. The van der Waals surface area contributed by atoms with E-state index in [9.17, 15) is 35.1 Å². The van der Waals surface area contributed by atoms with Gasteiger partial charge in [-0.2, -0.15) is 0 Å². The fraction of sp³-hybridized carbons (Fsp3) is 0.778. The van der Waals surface area contributed by atoms with Crippen molar-refractivity contribution in [1.82, 2.24) is 0 Å². The highest BCUT2D eigenvalue weighted by molar-refractivity contribution is 5.88. The van der Waals surface area contributed by atoms with Gasteiger partial charge >= 0.3 is 11.9 Å². The van der Waals surface area contributed by atoms with E-state index < -0.39 is 61.3 Å². The van der Waals surface area contributed by atoms with Gasteiger partial charge in [0.25, 0.3) is 0 Å². The molecule has 0 aromatic rings. The van der Waals surface area contributed by atoms with E-state index in [1.54, 1.807) is 0 Å². The Morgan fingerprint density at radius 1 is 1.21 bits per heavy atom. The average Bonchev–Trinajstić information content (AvgIpc) is 2.68. The van der Waals surface area contributed by atoms with E-state index in [0.717, 1.165) is 0 Å². The van der Waals surface area contributed by atoms with Crippen LogP contribution < -0.4 is 0 Å². The van der Waals surface area contributed by atoms with Crippen LogP contribution in [-0.2, 0) is 23.8 Å². The van der Waals surface area contributed by atoms with Gasteiger partial charge in [-0.15, -0.1) is 0 Å². The molecule has 2 aliphatic rings. The Hall–Kier alpha value is -1.56. The highest BCUT2D eigenvalue weighted by atomic mass is 16.7. The predicted molar refractivity (Wildman–Crippen MR) is 92.9 cm³/mol. The van der Waals surface area contributed by atoms with Gasteiger partial charge in [0.05, 0.1) is 26.2 Å². The molecule has 1 heterocycles. The number of rotatable bonds is 7. The average molecular weight is 404 g/mol. The monoisotopic (exact) mass is 404 g/mol. The van der Waals surface area contributed by atoms with Crippen molar-refractivity contribution in [3.05, 3.63) is 11.6 Å². The summed E-state index contributed by atoms with van der Waals surface area (Å²) in [4.78, 5) is 23.4. The molecule has 5 N–H and O–H groups in total. The number of carbonyl (C=O) groups excluding carboxylic acids is 1. The molecule has 1 aliphatic heterocycles. The lowest BCUT2D eigenvalue weighted by Crippen LogP contribution is -2.60. The van der Waals surface area contributed by atoms with Crippen LogP contribution in [0, 0.1) is 11.8 Å². The van der Waals surface area contributed by atoms with Gasteiger partial charge in [0.15, 0.2) is 6.29 Å². The van der Waals surface area contributed by atoms with Crippen LogP contribution >= 0.6 is 0 Å². The Kier molecular flexibility index (Phi) is 7.93. The van der Waals surface area contributed by atoms with E-state index >= 15 is 0 Å². The van der Waals surface area contributed by atoms with E-state index in [0.29, 0.717) is 6.42 Å². The fourth-order valence-corrected chi connectivity index (χ4v) is 3.89. The summed E-state index contributed by atoms with van der Waals surface area (Å²) in [6.45, 7) is 1.24. The number of carbonyl (C=O) groups is 2. The van der Waals surface area contributed by atoms with Crippen molar-refractivity contribution in [2.75, 3.05) is 13.7 Å². The predicted octanol–water partition coefficient (Wildman–Crippen LogP) is -1.21. The third-order valence-corrected chi connectivity index (χ3v) is 5.45. The van der Waals surface area contributed by atoms with Gasteiger partial charge < -0.3 is 39.7 Å². The van der Waals surface area contributed by atoms with Crippen LogP contribution in [0.1, 0.15) is 26.2 Å². The lowest BCUT2D eigenvalue weighted by Gasteiger charge is -2.43. The Balaban J connectivity index is 2.22. The van der Waals surface area contributed by atoms with Gasteiger partial charge in [-0.3, -0.25) is 4.79 Å². The van der Waals surface area contributed by atoms with Crippen LogP contribution in [-0.4, -0.2) is 88.0 Å². The molecular weight excluding hydrogens is 376 g/mol. The van der Waals surface area contributed by atoms with Crippen molar-refractivity contribution in [2.24, 2.45) is 11.8 Å². The summed E-state index contributed by atoms with van der Waals surface area (Å²) in [6.07, 6.45) is -5.66. The van der Waals surface area contributed by atoms with Crippen molar-refractivity contribution in [1.29, 1.82) is 0 Å². The van der Waals surface area contributed by atoms with Crippen LogP contribution in [0.3, 0.4) is 0 Å². The summed E-state index contributed by atoms with van der Waals surface area (Å²) in [7, 11) is 1.22. The molecule has 1 fully saturated rings. The molecule has 10 nitrogen and oxygen atoms in total. The SMILES string of the molecule is CCC1C(OC2OC(CO)C(O)C(O)C2O)CC=C(C(=O)O)C1CC(=O)OC. The number of methoxy groups -OCH3 is 1. The summed E-state index contributed by atoms with van der Waals surface area (Å²) >= 11 is 0. The first-order valence-corrected chi connectivity index (χ1v) is 9.21. The number of aliphatic hydroxyl groups excluding tert-OH is 4. The lowest BCUT2D eigenvalue weighted by atomic mass is 9.73. The van der Waals surface area contributed by atoms with Gasteiger partial charge in [-0.25, -0.2) is 4.79 Å². The summed E-state index contributed by atoms with van der Waals surface area (Å²) < 4.78 is 15.9. The molecule has 0 saturated carbocycles. The topological polar surface area (TPSA) is 163 Å². The summed E-state index contributed by atoms with van der Waals surface area (Å²) in [5.41, 5.74) is 0.103. The molecule has 10 heteroatoms. The minimum absolute atomic E-state index is 0.103. The molecule has 0 radical (unpaired) electrons. The molecule has 8 atom stereocenters. The molecule has 2 rings (SSSR count). The first kappa shape index (κ1) is 22.7. The molecule has 0 aromatic carbocycles. The molecule has 28 heavy (non-hydrogen) atoms. The van der Waals surface area contributed by atoms with Crippen molar-refractivity contribution < 1.29 is 49.3 Å². The smallest absolute Gasteiger partial charge is 0.331 e. The number of carboxylic acid groups (broad SMARTS) is 1. The zero-order chi connectivity index (χ0) is 21.0. The van der Waals surface area contributed by atoms with E-state index in [-0.39, 0.29) is 24.3 Å². The van der Waals surface area contributed by atoms with Gasteiger partial charge in [0, 0.05) is 11.5 Å². The van der Waals surface area contributed by atoms with E-state index in [4.69, 9.17) is 9.47 Å². The Bertz CT molecular complexity index is 589. The third kappa shape index (κ3) is 4.70. The van der Waals surface area contributed by atoms with Crippen molar-refractivity contribution >= 4 is 11.9 Å². The van der Waals surface area contributed by atoms with Gasteiger partial charge in [-0.1, -0.05) is 19.4 Å². The highest BCUT2D eigenvalue weighted by Gasteiger charge is 2.47. The zero-order valence-corrected chi connectivity index (χ0v) is 15.8. The lowest BCUT2D eigenvalue weighted by molar-refractivity contribution is -0.316. The number of ether oxygens (including phenoxy) is 3. The zero-order valence-electron chi connectivity index (χ0n) is 15.8. The Labute approximate surface area is 162 Å². The van der Waals surface area contributed by atoms with Gasteiger partial charge in [0.2, 0.25) is 0 Å². The van der Waals surface area contributed by atoms with Crippen LogP contribution in [0.15, 0.2) is 11.6 Å². The van der Waals surface area contributed by atoms with Crippen molar-refractivity contribution in [2.45, 2.75) is 63.0 Å². The van der Waals surface area contributed by atoms with Crippen LogP contribution in [0.4, 0.5) is 0 Å². The molecule has 0 bridgehead atoms. The first-order chi connectivity index (χ1) is 13.2. The van der Waals surface area contributed by atoms with Crippen LogP contribution in [0.25, 0.3) is 0 Å². The minimum Gasteiger partial charge on any atom is -0.478 e. The first-order valence-electron chi connectivity index (χ1n) is 9.21. The summed E-state index contributed by atoms with van der Waals surface area (Å²) in [6, 6.07) is 0. The molecule has 0 spiro atoms. The molecule has 0 amide bonds. The van der Waals surface area contributed by atoms with E-state index in [1.807, 2.05) is 6.92 Å². The molecule has 0 aromatic heterocycles. The number of hydrogen-bond acceptors (Lipinski definition) is 9. The van der Waals surface area contributed by atoms with Gasteiger partial charge in [0.1, 0.15) is 24.4 Å². The quantitative estimate of drug-likeness (QED) is 0.325. The number of esters is 1. The van der Waals surface area contributed by atoms with Gasteiger partial charge in [-0.05, 0) is 12.3 Å². The second-order valence-corrected chi connectivity index (χ2v) is 7.03. The summed E-state index contributed by atoms with van der Waals surface area (Å²) in [5, 5.41) is 48.7. The number of aliphatic carboxylic acids is 1. The Morgan fingerprint density at radius 3 is 2.43 bits per heavy atom. The summed E-state index contributed by atoms with van der Waals surface area (Å²) in [5.74, 6) is -2.72. The number of aliphatic hydroxyl groups is 4. The molecular formula is C18H28O10. The van der Waals surface area contributed by atoms with Crippen molar-refractivity contribution in [3.8, 4) is 0 Å². The second-order valence-electron chi connectivity index (χ2n) is 7.03. The second kappa shape index (κ2) is 9.77. The largest absolute Gasteiger partial charge is 0.478 e. The molecule has 1 saturated heterocycles. The maximum Gasteiger partial charge on any atom is 0.331 e. The maximum absolute atomic E-state index is 11.8. The van der Waals surface area contributed by atoms with Crippen LogP contribution in [0.5, 0.6) is 0 Å².